The highest BCUT2D eigenvalue weighted by Crippen LogP contribution is 2.30. The predicted molar refractivity (Wildman–Crippen MR) is 143 cm³/mol. The summed E-state index contributed by atoms with van der Waals surface area (Å²) < 4.78 is 23.6. The number of alkyl carbamates (subject to hydrolysis) is 1. The first-order valence-electron chi connectivity index (χ1n) is 12.3. The Morgan fingerprint density at radius 1 is 1.13 bits per heavy atom. The number of nitrogens with one attached hydrogen (secondary N) is 2. The molecule has 1 atom stereocenters. The molecule has 0 bridgehead atoms. The second-order valence-electron chi connectivity index (χ2n) is 10.7. The molecule has 38 heavy (non-hydrogen) atoms. The average Bonchev–Trinajstić information content (AvgIpc) is 3.26. The standard InChI is InChI=1S/C28H36N4O6/c1-9-14-36-17-22(31-25(33)37-27(2,3)4)23-29-21(16-32(23)26(34)38-28(5,6)7)19-15-18-12-10-11-13-20(18)30-24(19)35-8/h9-13,15-16,22H,1,14,17H2,2-8H3,(H,31,33)/p+1/t22-/m0/s1. The Kier molecular flexibility index (Phi) is 8.78. The van der Waals surface area contributed by atoms with Gasteiger partial charge in [-0.3, -0.25) is 0 Å². The second-order valence-corrected chi connectivity index (χ2v) is 10.7. The number of aromatic amines is 1. The summed E-state index contributed by atoms with van der Waals surface area (Å²) in [5.74, 6) is 0.669. The number of methoxy groups -OCH3 is 1. The van der Waals surface area contributed by atoms with Crippen LogP contribution in [0.1, 0.15) is 53.4 Å². The number of carbonyl (C=O) groups excluding carboxylic acids is 2. The van der Waals surface area contributed by atoms with Crippen molar-refractivity contribution in [1.29, 1.82) is 0 Å². The lowest BCUT2D eigenvalue weighted by atomic mass is 10.1. The molecule has 1 aromatic carbocycles. The maximum Gasteiger partial charge on any atom is 0.420 e. The molecule has 10 nitrogen and oxygen atoms in total. The number of hydrogen-bond acceptors (Lipinski definition) is 7. The summed E-state index contributed by atoms with van der Waals surface area (Å²) in [6, 6.07) is 8.81. The van der Waals surface area contributed by atoms with Gasteiger partial charge in [0, 0.05) is 17.6 Å². The molecule has 0 fully saturated rings. The molecule has 0 unspecified atom stereocenters. The fourth-order valence-electron chi connectivity index (χ4n) is 3.63. The number of H-pyrrole nitrogens is 1. The molecule has 0 aliphatic heterocycles. The molecule has 0 aliphatic carbocycles. The van der Waals surface area contributed by atoms with Gasteiger partial charge in [0.25, 0.3) is 0 Å². The van der Waals surface area contributed by atoms with Crippen LogP contribution in [0.5, 0.6) is 5.88 Å². The van der Waals surface area contributed by atoms with Crippen molar-refractivity contribution in [2.75, 3.05) is 20.3 Å². The number of nitrogens with zero attached hydrogens (tertiary/aromatic N) is 2. The van der Waals surface area contributed by atoms with E-state index in [4.69, 9.17) is 23.9 Å². The lowest BCUT2D eigenvalue weighted by Gasteiger charge is -2.24. The van der Waals surface area contributed by atoms with Gasteiger partial charge in [0.05, 0.1) is 26.0 Å². The van der Waals surface area contributed by atoms with Crippen LogP contribution in [0, 0.1) is 0 Å². The molecule has 0 saturated heterocycles. The zero-order valence-electron chi connectivity index (χ0n) is 23.1. The average molecular weight is 526 g/mol. The van der Waals surface area contributed by atoms with Gasteiger partial charge < -0.3 is 24.3 Å². The van der Waals surface area contributed by atoms with Crippen molar-refractivity contribution in [2.45, 2.75) is 58.8 Å². The maximum atomic E-state index is 13.3. The van der Waals surface area contributed by atoms with E-state index < -0.39 is 29.4 Å². The Morgan fingerprint density at radius 3 is 2.45 bits per heavy atom. The van der Waals surface area contributed by atoms with E-state index in [9.17, 15) is 9.59 Å². The van der Waals surface area contributed by atoms with E-state index in [2.05, 4.69) is 16.9 Å². The second kappa shape index (κ2) is 11.6. The van der Waals surface area contributed by atoms with Gasteiger partial charge in [-0.15, -0.1) is 6.58 Å². The summed E-state index contributed by atoms with van der Waals surface area (Å²) in [5, 5.41) is 3.70. The zero-order valence-corrected chi connectivity index (χ0v) is 23.1. The number of imidazole rings is 1. The van der Waals surface area contributed by atoms with E-state index in [1.807, 2.05) is 30.3 Å². The van der Waals surface area contributed by atoms with Crippen molar-refractivity contribution in [1.82, 2.24) is 14.9 Å². The normalized spacial score (nSPS) is 12.6. The number of benzene rings is 1. The van der Waals surface area contributed by atoms with Gasteiger partial charge in [-0.05, 0) is 53.7 Å². The van der Waals surface area contributed by atoms with Crippen LogP contribution >= 0.6 is 0 Å². The molecule has 2 aromatic heterocycles. The lowest BCUT2D eigenvalue weighted by Crippen LogP contribution is -2.39. The highest BCUT2D eigenvalue weighted by Gasteiger charge is 2.30. The van der Waals surface area contributed by atoms with Crippen LogP contribution in [0.3, 0.4) is 0 Å². The van der Waals surface area contributed by atoms with E-state index in [1.54, 1.807) is 60.9 Å². The molecule has 3 aromatic rings. The third kappa shape index (κ3) is 7.55. The number of hydrogen-bond donors (Lipinski definition) is 1. The maximum absolute atomic E-state index is 13.3. The molecule has 0 radical (unpaired) electrons. The monoisotopic (exact) mass is 525 g/mol. The van der Waals surface area contributed by atoms with Crippen LogP contribution < -0.4 is 15.0 Å². The lowest BCUT2D eigenvalue weighted by molar-refractivity contribution is -0.360. The van der Waals surface area contributed by atoms with Crippen LogP contribution in [0.2, 0.25) is 0 Å². The highest BCUT2D eigenvalue weighted by molar-refractivity contribution is 5.83. The molecular formula is C28H37N4O6+. The predicted octanol–water partition coefficient (Wildman–Crippen LogP) is 5.08. The Bertz CT molecular complexity index is 1300. The van der Waals surface area contributed by atoms with Gasteiger partial charge in [0.2, 0.25) is 5.52 Å². The smallest absolute Gasteiger partial charge is 0.420 e. The number of fused-ring (bicyclic) bond motifs is 1. The summed E-state index contributed by atoms with van der Waals surface area (Å²) in [4.78, 5) is 34.0. The third-order valence-electron chi connectivity index (χ3n) is 5.08. The molecule has 0 saturated carbocycles. The molecule has 3 rings (SSSR count). The van der Waals surface area contributed by atoms with E-state index >= 15 is 0 Å². The van der Waals surface area contributed by atoms with Gasteiger partial charge in [-0.1, -0.05) is 18.2 Å². The summed E-state index contributed by atoms with van der Waals surface area (Å²) in [6.07, 6.45) is 1.81. The Hall–Kier alpha value is -3.92. The van der Waals surface area contributed by atoms with Crippen molar-refractivity contribution in [2.24, 2.45) is 0 Å². The van der Waals surface area contributed by atoms with E-state index in [0.717, 1.165) is 10.9 Å². The number of rotatable bonds is 8. The quantitative estimate of drug-likeness (QED) is 0.322. The first kappa shape index (κ1) is 28.6. The first-order chi connectivity index (χ1) is 17.8. The fraction of sp³-hybridized carbons (Fsp3) is 0.429. The third-order valence-corrected chi connectivity index (χ3v) is 5.08. The van der Waals surface area contributed by atoms with Crippen LogP contribution in [-0.2, 0) is 14.2 Å². The number of amides is 1. The molecule has 2 heterocycles. The van der Waals surface area contributed by atoms with Gasteiger partial charge in [-0.25, -0.2) is 19.1 Å². The van der Waals surface area contributed by atoms with E-state index in [0.29, 0.717) is 17.1 Å². The van der Waals surface area contributed by atoms with Crippen molar-refractivity contribution < 1.29 is 33.5 Å². The number of aromatic nitrogens is 3. The summed E-state index contributed by atoms with van der Waals surface area (Å²) >= 11 is 0. The summed E-state index contributed by atoms with van der Waals surface area (Å²) in [6.45, 7) is 14.5. The van der Waals surface area contributed by atoms with Gasteiger partial charge in [0.1, 0.15) is 28.6 Å². The topological polar surface area (TPSA) is 115 Å². The van der Waals surface area contributed by atoms with Crippen molar-refractivity contribution in [3.63, 3.8) is 0 Å². The van der Waals surface area contributed by atoms with Crippen molar-refractivity contribution in [3.8, 4) is 17.1 Å². The van der Waals surface area contributed by atoms with Gasteiger partial charge >= 0.3 is 18.1 Å². The Labute approximate surface area is 223 Å². The minimum Gasteiger partial charge on any atom is -0.447 e. The summed E-state index contributed by atoms with van der Waals surface area (Å²) in [7, 11) is 1.55. The number of pyridine rings is 1. The fourth-order valence-corrected chi connectivity index (χ4v) is 3.63. The van der Waals surface area contributed by atoms with E-state index in [-0.39, 0.29) is 19.0 Å². The minimum atomic E-state index is -0.846. The molecular weight excluding hydrogens is 488 g/mol. The largest absolute Gasteiger partial charge is 0.447 e. The number of ether oxygens (including phenoxy) is 4. The molecule has 0 aliphatic rings. The molecule has 0 spiro atoms. The van der Waals surface area contributed by atoms with Crippen LogP contribution in [0.4, 0.5) is 9.59 Å². The van der Waals surface area contributed by atoms with Crippen molar-refractivity contribution >= 4 is 23.1 Å². The van der Waals surface area contributed by atoms with Crippen LogP contribution in [0.25, 0.3) is 22.2 Å². The highest BCUT2D eigenvalue weighted by atomic mass is 16.6. The Balaban J connectivity index is 2.14. The van der Waals surface area contributed by atoms with Crippen molar-refractivity contribution in [3.05, 3.63) is 55.0 Å². The Morgan fingerprint density at radius 2 is 1.82 bits per heavy atom. The SMILES string of the molecule is C=CCOC[C@H](NC(=O)OC(C)(C)C)c1nc(-c2cc3ccccc3[nH+]c2OC)cn1C(=O)OC(C)(C)C. The number of carbonyl (C=O) groups is 2. The van der Waals surface area contributed by atoms with E-state index in [1.165, 1.54) is 4.57 Å². The first-order valence-corrected chi connectivity index (χ1v) is 12.3. The molecule has 2 N–H and O–H groups in total. The minimum absolute atomic E-state index is 0.00545. The van der Waals surface area contributed by atoms with Crippen LogP contribution in [-0.4, -0.2) is 53.3 Å². The molecule has 10 heteroatoms. The van der Waals surface area contributed by atoms with Gasteiger partial charge in [-0.2, -0.15) is 4.98 Å². The van der Waals surface area contributed by atoms with Gasteiger partial charge in [0.15, 0.2) is 0 Å². The number of para-hydroxylation sites is 1. The molecule has 1 amide bonds. The molecule has 204 valence electrons. The summed E-state index contributed by atoms with van der Waals surface area (Å²) in [5.41, 5.74) is 0.446. The zero-order chi connectivity index (χ0) is 28.1. The van der Waals surface area contributed by atoms with Crippen LogP contribution in [0.15, 0.2) is 49.2 Å².